The molecule has 1 atom stereocenters. The first-order valence-corrected chi connectivity index (χ1v) is 5.96. The minimum absolute atomic E-state index is 0.388. The second kappa shape index (κ2) is 5.99. The third-order valence-corrected chi connectivity index (χ3v) is 2.61. The molecule has 4 heteroatoms. The second-order valence-electron chi connectivity index (χ2n) is 3.50. The Hall–Kier alpha value is -0.900. The molecule has 0 bridgehead atoms. The Morgan fingerprint density at radius 3 is 1.94 bits per heavy atom. The average molecular weight is 289 g/mol. The molecule has 1 unspecified atom stereocenters. The van der Waals surface area contributed by atoms with Crippen LogP contribution >= 0.6 is 15.9 Å². The maximum absolute atomic E-state index is 5.33. The molecule has 0 radical (unpaired) electrons. The number of hydrogen-bond acceptors (Lipinski definition) is 3. The first kappa shape index (κ1) is 13.2. The van der Waals surface area contributed by atoms with Crippen LogP contribution in [0.15, 0.2) is 12.1 Å². The van der Waals surface area contributed by atoms with E-state index in [0.717, 1.165) is 23.5 Å². The topological polar surface area (TPSA) is 27.7 Å². The van der Waals surface area contributed by atoms with Crippen LogP contribution in [-0.4, -0.2) is 26.2 Å². The van der Waals surface area contributed by atoms with Crippen molar-refractivity contribution in [1.29, 1.82) is 0 Å². The van der Waals surface area contributed by atoms with Crippen LogP contribution in [0.25, 0.3) is 0 Å². The van der Waals surface area contributed by atoms with Gasteiger partial charge in [0, 0.05) is 10.9 Å². The summed E-state index contributed by atoms with van der Waals surface area (Å²) in [6, 6.07) is 3.80. The van der Waals surface area contributed by atoms with E-state index < -0.39 is 0 Å². The minimum Gasteiger partial charge on any atom is -0.496 e. The summed E-state index contributed by atoms with van der Waals surface area (Å²) >= 11 is 3.53. The van der Waals surface area contributed by atoms with Crippen LogP contribution in [0, 0.1) is 0 Å². The lowest BCUT2D eigenvalue weighted by molar-refractivity contribution is 0.347. The highest BCUT2D eigenvalue weighted by atomic mass is 79.9. The summed E-state index contributed by atoms with van der Waals surface area (Å²) in [5.74, 6) is 2.24. The molecule has 0 aromatic heterocycles. The van der Waals surface area contributed by atoms with Crippen molar-refractivity contribution in [3.05, 3.63) is 17.7 Å². The number of benzene rings is 1. The van der Waals surface area contributed by atoms with Crippen molar-refractivity contribution < 1.29 is 14.2 Å². The average Bonchev–Trinajstić information content (AvgIpc) is 2.27. The molecule has 1 aromatic carbocycles. The first-order chi connectivity index (χ1) is 7.62. The van der Waals surface area contributed by atoms with Gasteiger partial charge in [-0.1, -0.05) is 22.9 Å². The molecule has 16 heavy (non-hydrogen) atoms. The van der Waals surface area contributed by atoms with Crippen LogP contribution in [0.2, 0.25) is 0 Å². The predicted octanol–water partition coefficient (Wildman–Crippen LogP) is 3.04. The maximum atomic E-state index is 5.33. The number of hydrogen-bond donors (Lipinski definition) is 0. The predicted molar refractivity (Wildman–Crippen MR) is 68.2 cm³/mol. The van der Waals surface area contributed by atoms with Gasteiger partial charge in [-0.15, -0.1) is 0 Å². The van der Waals surface area contributed by atoms with Crippen LogP contribution in [0.1, 0.15) is 12.5 Å². The number of halogens is 1. The Bertz CT molecular complexity index is 350. The molecule has 3 nitrogen and oxygen atoms in total. The lowest BCUT2D eigenvalue weighted by Crippen LogP contribution is -2.01. The molecular formula is C12H17BrO3. The van der Waals surface area contributed by atoms with Crippen molar-refractivity contribution in [3.8, 4) is 17.2 Å². The van der Waals surface area contributed by atoms with Gasteiger partial charge in [0.25, 0.3) is 0 Å². The number of methoxy groups -OCH3 is 3. The molecule has 0 aliphatic carbocycles. The summed E-state index contributed by atoms with van der Waals surface area (Å²) in [5.41, 5.74) is 1.10. The standard InChI is InChI=1S/C12H17BrO3/c1-8(13)5-9-6-11(15-3)12(16-4)7-10(9)14-2/h6-8H,5H2,1-4H3. The van der Waals surface area contributed by atoms with E-state index in [4.69, 9.17) is 14.2 Å². The third-order valence-electron chi connectivity index (χ3n) is 2.29. The van der Waals surface area contributed by atoms with E-state index in [1.54, 1.807) is 21.3 Å². The summed E-state index contributed by atoms with van der Waals surface area (Å²) in [7, 11) is 4.90. The first-order valence-electron chi connectivity index (χ1n) is 5.05. The van der Waals surface area contributed by atoms with Crippen molar-refractivity contribution in [3.63, 3.8) is 0 Å². The van der Waals surface area contributed by atoms with E-state index >= 15 is 0 Å². The van der Waals surface area contributed by atoms with Crippen LogP contribution < -0.4 is 14.2 Å². The van der Waals surface area contributed by atoms with E-state index in [1.807, 2.05) is 12.1 Å². The zero-order chi connectivity index (χ0) is 12.1. The molecule has 90 valence electrons. The number of alkyl halides is 1. The second-order valence-corrected chi connectivity index (χ2v) is 5.07. The summed E-state index contributed by atoms with van der Waals surface area (Å²) < 4.78 is 15.8. The van der Waals surface area contributed by atoms with Gasteiger partial charge in [0.1, 0.15) is 5.75 Å². The molecule has 1 rings (SSSR count). The van der Waals surface area contributed by atoms with Crippen molar-refractivity contribution >= 4 is 15.9 Å². The largest absolute Gasteiger partial charge is 0.496 e. The van der Waals surface area contributed by atoms with Gasteiger partial charge in [-0.3, -0.25) is 0 Å². The summed E-state index contributed by atoms with van der Waals surface area (Å²) in [4.78, 5) is 0.388. The Morgan fingerprint density at radius 1 is 1.00 bits per heavy atom. The molecule has 0 saturated carbocycles. The van der Waals surface area contributed by atoms with Gasteiger partial charge in [-0.25, -0.2) is 0 Å². The van der Waals surface area contributed by atoms with E-state index in [1.165, 1.54) is 0 Å². The summed E-state index contributed by atoms with van der Waals surface area (Å²) in [6.45, 7) is 2.09. The zero-order valence-electron chi connectivity index (χ0n) is 10.0. The molecule has 0 heterocycles. The number of rotatable bonds is 5. The molecule has 0 amide bonds. The molecule has 0 aliphatic rings. The van der Waals surface area contributed by atoms with Crippen molar-refractivity contribution in [1.82, 2.24) is 0 Å². The van der Waals surface area contributed by atoms with Crippen LogP contribution in [0.5, 0.6) is 17.2 Å². The fraction of sp³-hybridized carbons (Fsp3) is 0.500. The van der Waals surface area contributed by atoms with Crippen molar-refractivity contribution in [2.24, 2.45) is 0 Å². The Labute approximate surface area is 105 Å². The maximum Gasteiger partial charge on any atom is 0.164 e. The van der Waals surface area contributed by atoms with E-state index in [2.05, 4.69) is 22.9 Å². The molecule has 0 fully saturated rings. The Balaban J connectivity index is 3.15. The number of ether oxygens (including phenoxy) is 3. The van der Waals surface area contributed by atoms with Gasteiger partial charge < -0.3 is 14.2 Å². The minimum atomic E-state index is 0.388. The van der Waals surface area contributed by atoms with Gasteiger partial charge >= 0.3 is 0 Å². The van der Waals surface area contributed by atoms with Crippen molar-refractivity contribution in [2.75, 3.05) is 21.3 Å². The monoisotopic (exact) mass is 288 g/mol. The van der Waals surface area contributed by atoms with Crippen molar-refractivity contribution in [2.45, 2.75) is 18.2 Å². The quantitative estimate of drug-likeness (QED) is 0.780. The Kier molecular flexibility index (Phi) is 4.93. The van der Waals surface area contributed by atoms with Gasteiger partial charge in [0.15, 0.2) is 11.5 Å². The molecule has 0 saturated heterocycles. The highest BCUT2D eigenvalue weighted by Crippen LogP contribution is 2.35. The van der Waals surface area contributed by atoms with Gasteiger partial charge in [-0.05, 0) is 18.1 Å². The lowest BCUT2D eigenvalue weighted by Gasteiger charge is -2.14. The molecular weight excluding hydrogens is 272 g/mol. The molecule has 0 spiro atoms. The van der Waals surface area contributed by atoms with Gasteiger partial charge in [0.05, 0.1) is 21.3 Å². The van der Waals surface area contributed by atoms with Crippen LogP contribution in [0.4, 0.5) is 0 Å². The Morgan fingerprint density at radius 2 is 1.50 bits per heavy atom. The normalized spacial score (nSPS) is 12.1. The van der Waals surface area contributed by atoms with E-state index in [0.29, 0.717) is 10.6 Å². The summed E-state index contributed by atoms with van der Waals surface area (Å²) in [6.07, 6.45) is 0.878. The molecule has 0 aliphatic heterocycles. The zero-order valence-corrected chi connectivity index (χ0v) is 11.6. The highest BCUT2D eigenvalue weighted by molar-refractivity contribution is 9.09. The van der Waals surface area contributed by atoms with E-state index in [-0.39, 0.29) is 0 Å². The molecule has 0 N–H and O–H groups in total. The highest BCUT2D eigenvalue weighted by Gasteiger charge is 2.12. The van der Waals surface area contributed by atoms with E-state index in [9.17, 15) is 0 Å². The lowest BCUT2D eigenvalue weighted by atomic mass is 10.1. The fourth-order valence-corrected chi connectivity index (χ4v) is 1.90. The smallest absolute Gasteiger partial charge is 0.164 e. The van der Waals surface area contributed by atoms with Gasteiger partial charge in [-0.2, -0.15) is 0 Å². The van der Waals surface area contributed by atoms with Crippen LogP contribution in [-0.2, 0) is 6.42 Å². The van der Waals surface area contributed by atoms with Crippen LogP contribution in [0.3, 0.4) is 0 Å². The summed E-state index contributed by atoms with van der Waals surface area (Å²) in [5, 5.41) is 0. The third kappa shape index (κ3) is 3.04. The van der Waals surface area contributed by atoms with Gasteiger partial charge in [0.2, 0.25) is 0 Å². The fourth-order valence-electron chi connectivity index (χ4n) is 1.56. The molecule has 1 aromatic rings. The SMILES string of the molecule is COc1cc(OC)c(OC)cc1CC(C)Br.